The van der Waals surface area contributed by atoms with Crippen LogP contribution in [0.1, 0.15) is 48.2 Å². The minimum absolute atomic E-state index is 0.0712. The predicted octanol–water partition coefficient (Wildman–Crippen LogP) is 3.16. The number of hydrogen-bond donors (Lipinski definition) is 1. The van der Waals surface area contributed by atoms with Crippen molar-refractivity contribution in [2.75, 3.05) is 0 Å². The van der Waals surface area contributed by atoms with Gasteiger partial charge in [0.1, 0.15) is 11.4 Å². The largest absolute Gasteiger partial charge is 0.508 e. The lowest BCUT2D eigenvalue weighted by Crippen LogP contribution is -2.41. The van der Waals surface area contributed by atoms with Gasteiger partial charge in [0.15, 0.2) is 0 Å². The molecule has 5 heteroatoms. The number of phenolic OH excluding ortho intramolecular Hbond substituents is 1. The number of carbonyl (C=O) groups is 1. The number of aromatic nitrogens is 2. The molecule has 1 heterocycles. The van der Waals surface area contributed by atoms with Crippen molar-refractivity contribution in [2.24, 2.45) is 0 Å². The van der Waals surface area contributed by atoms with E-state index in [9.17, 15) is 9.90 Å². The maximum Gasteiger partial charge on any atom is 0.274 e. The summed E-state index contributed by atoms with van der Waals surface area (Å²) in [6.45, 7) is 0.528. The van der Waals surface area contributed by atoms with Crippen LogP contribution in [0.4, 0.5) is 0 Å². The average Bonchev–Trinajstić information content (AvgIpc) is 2.62. The summed E-state index contributed by atoms with van der Waals surface area (Å²) in [5, 5.41) is 9.43. The van der Waals surface area contributed by atoms with Crippen LogP contribution in [0.25, 0.3) is 0 Å². The number of rotatable bonds is 4. The molecule has 2 aromatic rings. The number of carbonyl (C=O) groups excluding carboxylic acids is 1. The van der Waals surface area contributed by atoms with E-state index in [-0.39, 0.29) is 17.7 Å². The molecule has 0 bridgehead atoms. The van der Waals surface area contributed by atoms with Gasteiger partial charge in [-0.1, -0.05) is 31.4 Å². The Morgan fingerprint density at radius 3 is 2.52 bits per heavy atom. The maximum atomic E-state index is 12.9. The molecular formula is C18H21N3O2. The third kappa shape index (κ3) is 3.86. The van der Waals surface area contributed by atoms with Gasteiger partial charge in [0, 0.05) is 25.0 Å². The van der Waals surface area contributed by atoms with Gasteiger partial charge in [0.25, 0.3) is 5.91 Å². The van der Waals surface area contributed by atoms with Crippen molar-refractivity contribution in [2.45, 2.75) is 44.7 Å². The van der Waals surface area contributed by atoms with Gasteiger partial charge in [-0.2, -0.15) is 0 Å². The Morgan fingerprint density at radius 2 is 1.87 bits per heavy atom. The second-order valence-electron chi connectivity index (χ2n) is 5.98. The summed E-state index contributed by atoms with van der Waals surface area (Å²) >= 11 is 0. The monoisotopic (exact) mass is 311 g/mol. The molecule has 0 spiro atoms. The van der Waals surface area contributed by atoms with Crippen molar-refractivity contribution in [3.63, 3.8) is 0 Å². The highest BCUT2D eigenvalue weighted by Crippen LogP contribution is 2.25. The molecule has 0 radical (unpaired) electrons. The van der Waals surface area contributed by atoms with Gasteiger partial charge in [0.2, 0.25) is 0 Å². The third-order valence-electron chi connectivity index (χ3n) is 4.35. The molecule has 0 saturated heterocycles. The standard InChI is InChI=1S/C18H21N3O2/c22-16-8-6-14(7-9-16)13-21(15-4-2-1-3-5-15)18(23)17-12-19-10-11-20-17/h6-12,15,22H,1-5,13H2. The van der Waals surface area contributed by atoms with Crippen LogP contribution in [0.5, 0.6) is 5.75 Å². The van der Waals surface area contributed by atoms with Crippen molar-refractivity contribution >= 4 is 5.91 Å². The second kappa shape index (κ2) is 7.22. The smallest absolute Gasteiger partial charge is 0.274 e. The van der Waals surface area contributed by atoms with Gasteiger partial charge in [-0.15, -0.1) is 0 Å². The molecule has 23 heavy (non-hydrogen) atoms. The first-order chi connectivity index (χ1) is 11.2. The minimum atomic E-state index is -0.0712. The van der Waals surface area contributed by atoms with E-state index in [0.29, 0.717) is 12.2 Å². The number of benzene rings is 1. The van der Waals surface area contributed by atoms with E-state index in [0.717, 1.165) is 31.2 Å². The SMILES string of the molecule is O=C(c1cnccn1)N(Cc1ccc(O)cc1)C1CCCCC1. The third-order valence-corrected chi connectivity index (χ3v) is 4.35. The Kier molecular flexibility index (Phi) is 4.86. The molecule has 1 N–H and O–H groups in total. The normalized spacial score (nSPS) is 15.3. The summed E-state index contributed by atoms with van der Waals surface area (Å²) in [5.74, 6) is 0.163. The highest BCUT2D eigenvalue weighted by molar-refractivity contribution is 5.92. The molecule has 3 rings (SSSR count). The molecule has 1 fully saturated rings. The van der Waals surface area contributed by atoms with Crippen LogP contribution in [0.2, 0.25) is 0 Å². The highest BCUT2D eigenvalue weighted by atomic mass is 16.3. The van der Waals surface area contributed by atoms with E-state index in [1.54, 1.807) is 24.5 Å². The maximum absolute atomic E-state index is 12.9. The Balaban J connectivity index is 1.83. The second-order valence-corrected chi connectivity index (χ2v) is 5.98. The Labute approximate surface area is 136 Å². The summed E-state index contributed by atoms with van der Waals surface area (Å²) in [6.07, 6.45) is 10.3. The molecule has 1 aliphatic carbocycles. The lowest BCUT2D eigenvalue weighted by molar-refractivity contribution is 0.0607. The predicted molar refractivity (Wildman–Crippen MR) is 86.9 cm³/mol. The molecule has 0 unspecified atom stereocenters. The van der Waals surface area contributed by atoms with Crippen molar-refractivity contribution in [3.8, 4) is 5.75 Å². The van der Waals surface area contributed by atoms with Crippen LogP contribution >= 0.6 is 0 Å². The van der Waals surface area contributed by atoms with Gasteiger partial charge < -0.3 is 10.0 Å². The van der Waals surface area contributed by atoms with Gasteiger partial charge in [0.05, 0.1) is 6.20 Å². The molecule has 5 nitrogen and oxygen atoms in total. The van der Waals surface area contributed by atoms with E-state index in [1.165, 1.54) is 12.6 Å². The number of amides is 1. The van der Waals surface area contributed by atoms with E-state index in [1.807, 2.05) is 17.0 Å². The van der Waals surface area contributed by atoms with Crippen LogP contribution < -0.4 is 0 Å². The van der Waals surface area contributed by atoms with E-state index in [4.69, 9.17) is 0 Å². The van der Waals surface area contributed by atoms with Crippen LogP contribution in [-0.2, 0) is 6.54 Å². The fourth-order valence-corrected chi connectivity index (χ4v) is 3.11. The van der Waals surface area contributed by atoms with Crippen molar-refractivity contribution < 1.29 is 9.90 Å². The fourth-order valence-electron chi connectivity index (χ4n) is 3.11. The molecule has 120 valence electrons. The Hall–Kier alpha value is -2.43. The summed E-state index contributed by atoms with van der Waals surface area (Å²) < 4.78 is 0. The lowest BCUT2D eigenvalue weighted by Gasteiger charge is -2.34. The molecule has 0 aliphatic heterocycles. The zero-order valence-electron chi connectivity index (χ0n) is 13.1. The first-order valence-corrected chi connectivity index (χ1v) is 8.09. The lowest BCUT2D eigenvalue weighted by atomic mass is 9.93. The number of hydrogen-bond acceptors (Lipinski definition) is 4. The van der Waals surface area contributed by atoms with Crippen LogP contribution in [-0.4, -0.2) is 31.9 Å². The quantitative estimate of drug-likeness (QED) is 0.942. The van der Waals surface area contributed by atoms with Crippen LogP contribution in [0.15, 0.2) is 42.9 Å². The highest BCUT2D eigenvalue weighted by Gasteiger charge is 2.27. The molecule has 1 aromatic heterocycles. The van der Waals surface area contributed by atoms with Crippen LogP contribution in [0.3, 0.4) is 0 Å². The summed E-state index contributed by atoms with van der Waals surface area (Å²) in [6, 6.07) is 7.26. The number of aromatic hydroxyl groups is 1. The van der Waals surface area contributed by atoms with E-state index >= 15 is 0 Å². The van der Waals surface area contributed by atoms with Gasteiger partial charge in [-0.3, -0.25) is 9.78 Å². The van der Waals surface area contributed by atoms with E-state index < -0.39 is 0 Å². The molecule has 1 aromatic carbocycles. The number of phenols is 1. The zero-order chi connectivity index (χ0) is 16.1. The van der Waals surface area contributed by atoms with Crippen LogP contribution in [0, 0.1) is 0 Å². The van der Waals surface area contributed by atoms with E-state index in [2.05, 4.69) is 9.97 Å². The Bertz CT molecular complexity index is 637. The molecule has 1 aliphatic rings. The zero-order valence-corrected chi connectivity index (χ0v) is 13.1. The molecule has 1 amide bonds. The van der Waals surface area contributed by atoms with Crippen molar-refractivity contribution in [1.82, 2.24) is 14.9 Å². The topological polar surface area (TPSA) is 66.3 Å². The fraction of sp³-hybridized carbons (Fsp3) is 0.389. The number of nitrogens with zero attached hydrogens (tertiary/aromatic N) is 3. The van der Waals surface area contributed by atoms with Gasteiger partial charge >= 0.3 is 0 Å². The van der Waals surface area contributed by atoms with Crippen molar-refractivity contribution in [3.05, 3.63) is 54.1 Å². The first-order valence-electron chi connectivity index (χ1n) is 8.09. The van der Waals surface area contributed by atoms with Gasteiger partial charge in [-0.05, 0) is 30.5 Å². The van der Waals surface area contributed by atoms with Crippen molar-refractivity contribution in [1.29, 1.82) is 0 Å². The molecule has 0 atom stereocenters. The van der Waals surface area contributed by atoms with Gasteiger partial charge in [-0.25, -0.2) is 4.98 Å². The summed E-state index contributed by atoms with van der Waals surface area (Å²) in [5.41, 5.74) is 1.39. The Morgan fingerprint density at radius 1 is 1.13 bits per heavy atom. The molecular weight excluding hydrogens is 290 g/mol. The minimum Gasteiger partial charge on any atom is -0.508 e. The molecule has 1 saturated carbocycles. The summed E-state index contributed by atoms with van der Waals surface area (Å²) in [4.78, 5) is 23.0. The average molecular weight is 311 g/mol. The first kappa shape index (κ1) is 15.5. The summed E-state index contributed by atoms with van der Waals surface area (Å²) in [7, 11) is 0.